The van der Waals surface area contributed by atoms with Crippen LogP contribution >= 0.6 is 0 Å². The van der Waals surface area contributed by atoms with Gasteiger partial charge in [-0.15, -0.1) is 0 Å². The molecule has 1 amide bonds. The minimum atomic E-state index is -0.570. The number of carbonyl (C=O) groups excluding carboxylic acids is 2. The number of esters is 1. The van der Waals surface area contributed by atoms with Crippen molar-refractivity contribution in [2.24, 2.45) is 0 Å². The van der Waals surface area contributed by atoms with Crippen LogP contribution in [-0.2, 0) is 9.53 Å². The molecule has 0 spiro atoms. The summed E-state index contributed by atoms with van der Waals surface area (Å²) in [7, 11) is 0. The first-order chi connectivity index (χ1) is 11.5. The van der Waals surface area contributed by atoms with Gasteiger partial charge in [0.2, 0.25) is 0 Å². The normalized spacial score (nSPS) is 9.88. The van der Waals surface area contributed by atoms with Crippen LogP contribution in [0, 0.1) is 22.7 Å². The summed E-state index contributed by atoms with van der Waals surface area (Å²) in [5.74, 6) is -0.614. The summed E-state index contributed by atoms with van der Waals surface area (Å²) in [4.78, 5) is 25.4. The molecule has 0 saturated carbocycles. The maximum Gasteiger partial charge on any atom is 0.338 e. The van der Waals surface area contributed by atoms with E-state index < -0.39 is 18.5 Å². The van der Waals surface area contributed by atoms with Gasteiger partial charge in [-0.3, -0.25) is 4.79 Å². The highest BCUT2D eigenvalue weighted by molar-refractivity contribution is 5.91. The summed E-state index contributed by atoms with van der Waals surface area (Å²) in [6, 6.07) is 11.0. The van der Waals surface area contributed by atoms with E-state index in [0.29, 0.717) is 11.5 Å². The van der Waals surface area contributed by atoms with Gasteiger partial charge in [-0.05, 0) is 23.6 Å². The fraction of sp³-hybridized carbons (Fsp3) is 0.444. The third-order valence-corrected chi connectivity index (χ3v) is 3.48. The summed E-state index contributed by atoms with van der Waals surface area (Å²) in [5.41, 5.74) is 1.50. The lowest BCUT2D eigenvalue weighted by Crippen LogP contribution is -2.36. The first-order valence-corrected chi connectivity index (χ1v) is 7.78. The molecule has 0 bridgehead atoms. The fourth-order valence-electron chi connectivity index (χ4n) is 2.04. The van der Waals surface area contributed by atoms with Gasteiger partial charge in [0.25, 0.3) is 5.91 Å². The predicted octanol–water partition coefficient (Wildman–Crippen LogP) is 2.62. The zero-order valence-corrected chi connectivity index (χ0v) is 14.0. The molecule has 1 aromatic carbocycles. The highest BCUT2D eigenvalue weighted by atomic mass is 16.5. The first-order valence-electron chi connectivity index (χ1n) is 7.78. The van der Waals surface area contributed by atoms with Crippen molar-refractivity contribution in [1.82, 2.24) is 4.90 Å². The van der Waals surface area contributed by atoms with Crippen LogP contribution in [-0.4, -0.2) is 36.5 Å². The van der Waals surface area contributed by atoms with E-state index >= 15 is 0 Å². The molecule has 126 valence electrons. The van der Waals surface area contributed by atoms with Crippen molar-refractivity contribution in [3.63, 3.8) is 0 Å². The second-order valence-electron chi connectivity index (χ2n) is 5.55. The molecular weight excluding hydrogens is 306 g/mol. The summed E-state index contributed by atoms with van der Waals surface area (Å²) < 4.78 is 5.04. The number of nitriles is 2. The van der Waals surface area contributed by atoms with Crippen LogP contribution in [0.4, 0.5) is 0 Å². The summed E-state index contributed by atoms with van der Waals surface area (Å²) in [6.07, 6.45) is 0.337. The van der Waals surface area contributed by atoms with Gasteiger partial charge in [-0.2, -0.15) is 10.5 Å². The van der Waals surface area contributed by atoms with E-state index in [1.54, 1.807) is 12.1 Å². The Morgan fingerprint density at radius 1 is 1.08 bits per heavy atom. The highest BCUT2D eigenvalue weighted by Crippen LogP contribution is 2.15. The number of hydrogen-bond acceptors (Lipinski definition) is 5. The molecule has 0 atom stereocenters. The number of hydrogen-bond donors (Lipinski definition) is 0. The van der Waals surface area contributed by atoms with Crippen LogP contribution in [0.1, 0.15) is 48.5 Å². The number of nitrogens with zero attached hydrogens (tertiary/aromatic N) is 3. The molecule has 1 aromatic rings. The number of rotatable bonds is 8. The first kappa shape index (κ1) is 19.2. The van der Waals surface area contributed by atoms with Gasteiger partial charge < -0.3 is 9.64 Å². The Kier molecular flexibility index (Phi) is 8.01. The Hall–Kier alpha value is -2.86. The SMILES string of the molecule is CC(C)c1ccc(C(=O)OCC(=O)N(CCC#N)CCC#N)cc1. The van der Waals surface area contributed by atoms with Gasteiger partial charge in [-0.25, -0.2) is 4.79 Å². The molecule has 0 radical (unpaired) electrons. The van der Waals surface area contributed by atoms with Crippen molar-refractivity contribution >= 4 is 11.9 Å². The Bertz CT molecular complexity index is 621. The van der Waals surface area contributed by atoms with E-state index in [1.807, 2.05) is 24.3 Å². The molecule has 1 rings (SSSR count). The maximum atomic E-state index is 12.1. The standard InChI is InChI=1S/C18H21N3O3/c1-14(2)15-5-7-16(8-6-15)18(23)24-13-17(22)21(11-3-9-19)12-4-10-20/h5-8,14H,3-4,11-13H2,1-2H3. The predicted molar refractivity (Wildman–Crippen MR) is 87.9 cm³/mol. The second-order valence-corrected chi connectivity index (χ2v) is 5.55. The number of amides is 1. The number of carbonyl (C=O) groups is 2. The Balaban J connectivity index is 2.58. The summed E-state index contributed by atoms with van der Waals surface area (Å²) in [5, 5.41) is 17.2. The fourth-order valence-corrected chi connectivity index (χ4v) is 2.04. The van der Waals surface area contributed by atoms with Gasteiger partial charge in [0, 0.05) is 13.1 Å². The van der Waals surface area contributed by atoms with E-state index in [0.717, 1.165) is 5.56 Å². The van der Waals surface area contributed by atoms with Gasteiger partial charge >= 0.3 is 5.97 Å². The molecule has 0 heterocycles. The molecule has 0 fully saturated rings. The van der Waals surface area contributed by atoms with Crippen molar-refractivity contribution in [3.05, 3.63) is 35.4 Å². The van der Waals surface area contributed by atoms with Crippen molar-refractivity contribution in [3.8, 4) is 12.1 Å². The Morgan fingerprint density at radius 3 is 2.08 bits per heavy atom. The quantitative estimate of drug-likeness (QED) is 0.684. The third kappa shape index (κ3) is 6.10. The lowest BCUT2D eigenvalue weighted by molar-refractivity contribution is -0.134. The average Bonchev–Trinajstić information content (AvgIpc) is 2.59. The molecule has 0 aliphatic carbocycles. The van der Waals surface area contributed by atoms with Crippen LogP contribution in [0.15, 0.2) is 24.3 Å². The van der Waals surface area contributed by atoms with Crippen LogP contribution in [0.25, 0.3) is 0 Å². The molecule has 0 N–H and O–H groups in total. The molecule has 0 aliphatic rings. The van der Waals surface area contributed by atoms with Crippen LogP contribution < -0.4 is 0 Å². The van der Waals surface area contributed by atoms with Crippen molar-refractivity contribution in [2.45, 2.75) is 32.6 Å². The lowest BCUT2D eigenvalue weighted by Gasteiger charge is -2.20. The monoisotopic (exact) mass is 327 g/mol. The van der Waals surface area contributed by atoms with Crippen LogP contribution in [0.2, 0.25) is 0 Å². The number of benzene rings is 1. The molecule has 6 heteroatoms. The topological polar surface area (TPSA) is 94.2 Å². The van der Waals surface area contributed by atoms with Gasteiger partial charge in [0.05, 0.1) is 30.5 Å². The minimum Gasteiger partial charge on any atom is -0.452 e. The maximum absolute atomic E-state index is 12.1. The third-order valence-electron chi connectivity index (χ3n) is 3.48. The van der Waals surface area contributed by atoms with Crippen molar-refractivity contribution in [1.29, 1.82) is 10.5 Å². The second kappa shape index (κ2) is 10.0. The van der Waals surface area contributed by atoms with E-state index in [9.17, 15) is 9.59 Å². The lowest BCUT2D eigenvalue weighted by atomic mass is 10.0. The van der Waals surface area contributed by atoms with Crippen molar-refractivity contribution in [2.75, 3.05) is 19.7 Å². The summed E-state index contributed by atoms with van der Waals surface area (Å²) >= 11 is 0. The molecular formula is C18H21N3O3. The van der Waals surface area contributed by atoms with E-state index in [-0.39, 0.29) is 25.9 Å². The van der Waals surface area contributed by atoms with Crippen LogP contribution in [0.3, 0.4) is 0 Å². The average molecular weight is 327 g/mol. The molecule has 6 nitrogen and oxygen atoms in total. The van der Waals surface area contributed by atoms with Gasteiger partial charge in [0.15, 0.2) is 6.61 Å². The Morgan fingerprint density at radius 2 is 1.62 bits per heavy atom. The molecule has 0 aliphatic heterocycles. The zero-order valence-electron chi connectivity index (χ0n) is 14.0. The molecule has 0 saturated heterocycles. The zero-order chi connectivity index (χ0) is 17.9. The molecule has 0 aromatic heterocycles. The van der Waals surface area contributed by atoms with E-state index in [2.05, 4.69) is 13.8 Å². The minimum absolute atomic E-state index is 0.168. The van der Waals surface area contributed by atoms with Gasteiger partial charge in [0.1, 0.15) is 0 Å². The molecule has 0 unspecified atom stereocenters. The van der Waals surface area contributed by atoms with E-state index in [1.165, 1.54) is 4.90 Å². The molecule has 24 heavy (non-hydrogen) atoms. The summed E-state index contributed by atoms with van der Waals surface area (Å²) in [6.45, 7) is 4.16. The highest BCUT2D eigenvalue weighted by Gasteiger charge is 2.16. The smallest absolute Gasteiger partial charge is 0.338 e. The Labute approximate surface area is 142 Å². The van der Waals surface area contributed by atoms with Crippen molar-refractivity contribution < 1.29 is 14.3 Å². The van der Waals surface area contributed by atoms with E-state index in [4.69, 9.17) is 15.3 Å². The van der Waals surface area contributed by atoms with Gasteiger partial charge in [-0.1, -0.05) is 26.0 Å². The largest absolute Gasteiger partial charge is 0.452 e. The van der Waals surface area contributed by atoms with Crippen LogP contribution in [0.5, 0.6) is 0 Å². The number of ether oxygens (including phenoxy) is 1.